The van der Waals surface area contributed by atoms with Crippen molar-refractivity contribution >= 4 is 12.9 Å². The summed E-state index contributed by atoms with van der Waals surface area (Å²) in [5, 5.41) is 0. The van der Waals surface area contributed by atoms with Crippen LogP contribution < -0.4 is 4.18 Å². The number of methoxy groups -OCH3 is 1. The Morgan fingerprint density at radius 1 is 1.38 bits per heavy atom. The van der Waals surface area contributed by atoms with Gasteiger partial charge in [-0.1, -0.05) is 12.1 Å². The monoisotopic (exact) mass is 198 g/mol. The topological polar surface area (TPSA) is 18.5 Å². The molecule has 0 aromatic heterocycles. The molecule has 1 rings (SSSR count). The van der Waals surface area contributed by atoms with E-state index in [2.05, 4.69) is 25.9 Å². The molecule has 0 amide bonds. The van der Waals surface area contributed by atoms with E-state index in [-0.39, 0.29) is 0 Å². The summed E-state index contributed by atoms with van der Waals surface area (Å²) in [7, 11) is 1.69. The summed E-state index contributed by atoms with van der Waals surface area (Å²) >= 11 is 3.81. The molecule has 0 aliphatic carbocycles. The van der Waals surface area contributed by atoms with E-state index in [4.69, 9.17) is 8.92 Å². The second-order valence-electron chi connectivity index (χ2n) is 2.89. The van der Waals surface area contributed by atoms with Crippen molar-refractivity contribution in [2.45, 2.75) is 13.3 Å². The third kappa shape index (κ3) is 2.64. The number of hydrogen-bond donors (Lipinski definition) is 1. The Morgan fingerprint density at radius 3 is 2.77 bits per heavy atom. The first kappa shape index (κ1) is 10.4. The summed E-state index contributed by atoms with van der Waals surface area (Å²) in [4.78, 5) is 0. The normalized spacial score (nSPS) is 10.1. The van der Waals surface area contributed by atoms with Crippen molar-refractivity contribution in [3.05, 3.63) is 29.3 Å². The number of hydrogen-bond acceptors (Lipinski definition) is 3. The predicted molar refractivity (Wildman–Crippen MR) is 56.4 cm³/mol. The van der Waals surface area contributed by atoms with Gasteiger partial charge in [-0.3, -0.25) is 0 Å². The van der Waals surface area contributed by atoms with Crippen molar-refractivity contribution in [3.8, 4) is 5.75 Å². The quantitative estimate of drug-likeness (QED) is 0.591. The van der Waals surface area contributed by atoms with Crippen LogP contribution in [0.5, 0.6) is 5.75 Å². The van der Waals surface area contributed by atoms with E-state index in [9.17, 15) is 0 Å². The Balaban J connectivity index is 2.87. The van der Waals surface area contributed by atoms with Crippen molar-refractivity contribution in [1.29, 1.82) is 0 Å². The molecule has 0 radical (unpaired) electrons. The van der Waals surface area contributed by atoms with Gasteiger partial charge in [-0.25, -0.2) is 0 Å². The number of ether oxygens (including phenoxy) is 1. The highest BCUT2D eigenvalue weighted by Gasteiger charge is 2.05. The number of aryl methyl sites for hydroxylation is 1. The van der Waals surface area contributed by atoms with Crippen LogP contribution in [0.2, 0.25) is 0 Å². The zero-order valence-electron chi connectivity index (χ0n) is 7.91. The summed E-state index contributed by atoms with van der Waals surface area (Å²) < 4.78 is 9.98. The molecule has 0 fully saturated rings. The van der Waals surface area contributed by atoms with Crippen LogP contribution in [0.15, 0.2) is 18.2 Å². The van der Waals surface area contributed by atoms with Gasteiger partial charge in [0.1, 0.15) is 5.75 Å². The van der Waals surface area contributed by atoms with Crippen molar-refractivity contribution in [2.75, 3.05) is 13.7 Å². The number of thiol groups is 1. The van der Waals surface area contributed by atoms with E-state index in [1.165, 1.54) is 11.1 Å². The molecule has 0 heterocycles. The van der Waals surface area contributed by atoms with Crippen molar-refractivity contribution in [2.24, 2.45) is 0 Å². The van der Waals surface area contributed by atoms with E-state index in [1.807, 2.05) is 12.1 Å². The number of rotatable bonds is 4. The molecule has 0 saturated carbocycles. The highest BCUT2D eigenvalue weighted by molar-refractivity contribution is 7.75. The van der Waals surface area contributed by atoms with Crippen LogP contribution in [-0.2, 0) is 11.2 Å². The van der Waals surface area contributed by atoms with Gasteiger partial charge >= 0.3 is 0 Å². The molecule has 2 nitrogen and oxygen atoms in total. The molecule has 0 bridgehead atoms. The minimum absolute atomic E-state index is 0.703. The zero-order valence-corrected chi connectivity index (χ0v) is 8.80. The maximum absolute atomic E-state index is 5.02. The third-order valence-corrected chi connectivity index (χ3v) is 2.22. The molecule has 1 aromatic rings. The number of benzene rings is 1. The average Bonchev–Trinajstić information content (AvgIpc) is 2.15. The van der Waals surface area contributed by atoms with E-state index < -0.39 is 0 Å². The van der Waals surface area contributed by atoms with Crippen LogP contribution in [0.25, 0.3) is 0 Å². The molecular weight excluding hydrogens is 184 g/mol. The van der Waals surface area contributed by atoms with E-state index in [0.29, 0.717) is 6.61 Å². The van der Waals surface area contributed by atoms with Gasteiger partial charge in [-0.05, 0) is 25.0 Å². The summed E-state index contributed by atoms with van der Waals surface area (Å²) in [5.41, 5.74) is 2.38. The summed E-state index contributed by atoms with van der Waals surface area (Å²) in [5.74, 6) is 0.820. The van der Waals surface area contributed by atoms with Crippen molar-refractivity contribution < 1.29 is 8.92 Å². The van der Waals surface area contributed by atoms with Crippen LogP contribution in [-0.4, -0.2) is 13.7 Å². The first-order valence-corrected chi connectivity index (χ1v) is 4.55. The molecule has 72 valence electrons. The van der Waals surface area contributed by atoms with Gasteiger partial charge in [0.2, 0.25) is 0 Å². The maximum atomic E-state index is 5.02. The lowest BCUT2D eigenvalue weighted by Gasteiger charge is -2.09. The summed E-state index contributed by atoms with van der Waals surface area (Å²) in [6.45, 7) is 2.76. The molecule has 0 atom stereocenters. The molecule has 3 heteroatoms. The molecule has 0 aliphatic heterocycles. The SMILES string of the molecule is COCCc1c(C)cccc1OS. The van der Waals surface area contributed by atoms with E-state index in [1.54, 1.807) is 7.11 Å². The third-order valence-electron chi connectivity index (χ3n) is 2.02. The van der Waals surface area contributed by atoms with E-state index in [0.717, 1.165) is 12.2 Å². The Hall–Kier alpha value is -0.670. The van der Waals surface area contributed by atoms with Gasteiger partial charge in [0.15, 0.2) is 0 Å². The van der Waals surface area contributed by atoms with Crippen LogP contribution >= 0.6 is 12.9 Å². The Morgan fingerprint density at radius 2 is 2.15 bits per heavy atom. The first-order chi connectivity index (χ1) is 6.29. The molecule has 0 N–H and O–H groups in total. The van der Waals surface area contributed by atoms with Gasteiger partial charge in [-0.15, -0.1) is 0 Å². The molecule has 0 saturated heterocycles. The van der Waals surface area contributed by atoms with Crippen LogP contribution in [0, 0.1) is 6.92 Å². The van der Waals surface area contributed by atoms with Gasteiger partial charge < -0.3 is 8.92 Å². The van der Waals surface area contributed by atoms with Crippen LogP contribution in [0.1, 0.15) is 11.1 Å². The second kappa shape index (κ2) is 5.14. The molecule has 0 aliphatic rings. The van der Waals surface area contributed by atoms with Crippen molar-refractivity contribution in [1.82, 2.24) is 0 Å². The smallest absolute Gasteiger partial charge is 0.140 e. The highest BCUT2D eigenvalue weighted by Crippen LogP contribution is 2.23. The Bertz CT molecular complexity index is 274. The molecule has 13 heavy (non-hydrogen) atoms. The first-order valence-electron chi connectivity index (χ1n) is 4.18. The minimum Gasteiger partial charge on any atom is -0.429 e. The van der Waals surface area contributed by atoms with Crippen LogP contribution in [0.3, 0.4) is 0 Å². The maximum Gasteiger partial charge on any atom is 0.140 e. The lowest BCUT2D eigenvalue weighted by Crippen LogP contribution is -1.98. The van der Waals surface area contributed by atoms with Gasteiger partial charge in [0.25, 0.3) is 0 Å². The predicted octanol–water partition coefficient (Wildman–Crippen LogP) is 2.41. The average molecular weight is 198 g/mol. The van der Waals surface area contributed by atoms with Gasteiger partial charge in [-0.2, -0.15) is 0 Å². The standard InChI is InChI=1S/C10H14O2S/c1-8-4-3-5-10(12-13)9(8)6-7-11-2/h3-5,13H,6-7H2,1-2H3. The fourth-order valence-corrected chi connectivity index (χ4v) is 1.46. The minimum atomic E-state index is 0.703. The largest absolute Gasteiger partial charge is 0.429 e. The zero-order chi connectivity index (χ0) is 9.68. The Kier molecular flexibility index (Phi) is 4.12. The van der Waals surface area contributed by atoms with Crippen molar-refractivity contribution in [3.63, 3.8) is 0 Å². The van der Waals surface area contributed by atoms with Crippen LogP contribution in [0.4, 0.5) is 0 Å². The second-order valence-corrected chi connectivity index (χ2v) is 3.07. The fourth-order valence-electron chi connectivity index (χ4n) is 1.29. The molecule has 0 unspecified atom stereocenters. The highest BCUT2D eigenvalue weighted by atomic mass is 32.1. The fraction of sp³-hybridized carbons (Fsp3) is 0.400. The Labute approximate surface area is 84.5 Å². The molecule has 0 spiro atoms. The summed E-state index contributed by atoms with van der Waals surface area (Å²) in [6.07, 6.45) is 0.860. The lowest BCUT2D eigenvalue weighted by molar-refractivity contribution is 0.202. The van der Waals surface area contributed by atoms with E-state index >= 15 is 0 Å². The summed E-state index contributed by atoms with van der Waals surface area (Å²) in [6, 6.07) is 5.92. The van der Waals surface area contributed by atoms with Gasteiger partial charge in [0.05, 0.1) is 6.61 Å². The molecule has 1 aromatic carbocycles. The lowest BCUT2D eigenvalue weighted by atomic mass is 10.1. The van der Waals surface area contributed by atoms with Gasteiger partial charge in [0, 0.05) is 25.6 Å². The molecular formula is C10H14O2S.